The summed E-state index contributed by atoms with van der Waals surface area (Å²) >= 11 is 0. The fraction of sp³-hybridized carbons (Fsp3) is 0.333. The summed E-state index contributed by atoms with van der Waals surface area (Å²) in [6.45, 7) is 3.37. The monoisotopic (exact) mass is 368 g/mol. The number of aryl methyl sites for hydroxylation is 1. The number of methoxy groups -OCH3 is 1. The summed E-state index contributed by atoms with van der Waals surface area (Å²) in [5.41, 5.74) is 4.00. The Labute approximate surface area is 161 Å². The third kappa shape index (κ3) is 6.02. The molecule has 0 saturated heterocycles. The largest absolute Gasteiger partial charge is 0.496 e. The Morgan fingerprint density at radius 3 is 2.63 bits per heavy atom. The molecular weight excluding hydrogens is 340 g/mol. The van der Waals surface area contributed by atoms with Crippen LogP contribution in [0.15, 0.2) is 47.5 Å². The lowest BCUT2D eigenvalue weighted by molar-refractivity contribution is 0.0963. The van der Waals surface area contributed by atoms with Crippen LogP contribution in [-0.2, 0) is 13.0 Å². The van der Waals surface area contributed by atoms with Gasteiger partial charge in [-0.2, -0.15) is 0 Å². The van der Waals surface area contributed by atoms with E-state index in [4.69, 9.17) is 4.74 Å². The highest BCUT2D eigenvalue weighted by atomic mass is 16.5. The Morgan fingerprint density at radius 2 is 1.93 bits per heavy atom. The molecule has 0 aliphatic carbocycles. The van der Waals surface area contributed by atoms with Crippen molar-refractivity contribution in [2.24, 2.45) is 4.99 Å². The van der Waals surface area contributed by atoms with Crippen molar-refractivity contribution in [3.8, 4) is 5.75 Å². The van der Waals surface area contributed by atoms with Gasteiger partial charge in [-0.15, -0.1) is 0 Å². The van der Waals surface area contributed by atoms with E-state index in [9.17, 15) is 4.79 Å². The van der Waals surface area contributed by atoms with Crippen molar-refractivity contribution < 1.29 is 9.53 Å². The summed E-state index contributed by atoms with van der Waals surface area (Å²) in [6.07, 6.45) is 0.865. The van der Waals surface area contributed by atoms with Crippen LogP contribution in [0, 0.1) is 6.92 Å². The number of ether oxygens (including phenoxy) is 1. The van der Waals surface area contributed by atoms with E-state index in [1.54, 1.807) is 27.3 Å². The van der Waals surface area contributed by atoms with Gasteiger partial charge in [-0.3, -0.25) is 9.79 Å². The molecule has 0 unspecified atom stereocenters. The van der Waals surface area contributed by atoms with Crippen LogP contribution in [0.25, 0.3) is 0 Å². The Kier molecular flexibility index (Phi) is 7.67. The van der Waals surface area contributed by atoms with E-state index in [-0.39, 0.29) is 5.91 Å². The van der Waals surface area contributed by atoms with Gasteiger partial charge in [0.15, 0.2) is 5.96 Å². The van der Waals surface area contributed by atoms with Crippen LogP contribution in [-0.4, -0.2) is 39.6 Å². The minimum absolute atomic E-state index is 0.0899. The topological polar surface area (TPSA) is 74.8 Å². The number of guanidine groups is 1. The molecule has 2 rings (SSSR count). The molecule has 27 heavy (non-hydrogen) atoms. The summed E-state index contributed by atoms with van der Waals surface area (Å²) in [4.78, 5) is 16.0. The van der Waals surface area contributed by atoms with E-state index in [0.29, 0.717) is 12.1 Å². The smallest absolute Gasteiger partial charge is 0.251 e. The number of carbonyl (C=O) groups excluding carboxylic acids is 1. The Bertz CT molecular complexity index is 803. The molecule has 2 aromatic rings. The first-order chi connectivity index (χ1) is 13.1. The molecule has 0 fully saturated rings. The van der Waals surface area contributed by atoms with Crippen molar-refractivity contribution in [3.63, 3.8) is 0 Å². The van der Waals surface area contributed by atoms with Gasteiger partial charge >= 0.3 is 0 Å². The number of nitrogens with one attached hydrogen (secondary N) is 3. The predicted octanol–water partition coefficient (Wildman–Crippen LogP) is 2.27. The van der Waals surface area contributed by atoms with Gasteiger partial charge in [0.05, 0.1) is 7.11 Å². The highest BCUT2D eigenvalue weighted by Gasteiger charge is 2.05. The predicted molar refractivity (Wildman–Crippen MR) is 109 cm³/mol. The van der Waals surface area contributed by atoms with Gasteiger partial charge in [-0.1, -0.05) is 24.3 Å². The summed E-state index contributed by atoms with van der Waals surface area (Å²) < 4.78 is 5.37. The van der Waals surface area contributed by atoms with Crippen LogP contribution in [0.2, 0.25) is 0 Å². The summed E-state index contributed by atoms with van der Waals surface area (Å²) in [5.74, 6) is 1.54. The number of nitrogens with zero attached hydrogens (tertiary/aromatic N) is 1. The highest BCUT2D eigenvalue weighted by molar-refractivity contribution is 5.94. The van der Waals surface area contributed by atoms with Gasteiger partial charge < -0.3 is 20.7 Å². The fourth-order valence-electron chi connectivity index (χ4n) is 2.72. The SMILES string of the molecule is CN=C(NCCc1ccc(C)c(OC)c1)NCc1cccc(C(=O)NC)c1. The summed E-state index contributed by atoms with van der Waals surface area (Å²) in [5, 5.41) is 9.21. The van der Waals surface area contributed by atoms with Crippen molar-refractivity contribution in [1.82, 2.24) is 16.0 Å². The second kappa shape index (κ2) is 10.2. The molecule has 0 saturated carbocycles. The molecule has 0 atom stereocenters. The minimum Gasteiger partial charge on any atom is -0.496 e. The van der Waals surface area contributed by atoms with Gasteiger partial charge in [-0.05, 0) is 48.2 Å². The van der Waals surface area contributed by atoms with E-state index in [1.165, 1.54) is 5.56 Å². The van der Waals surface area contributed by atoms with Crippen LogP contribution < -0.4 is 20.7 Å². The molecule has 6 nitrogen and oxygen atoms in total. The van der Waals surface area contributed by atoms with E-state index < -0.39 is 0 Å². The summed E-state index contributed by atoms with van der Waals surface area (Å²) in [7, 11) is 5.06. The van der Waals surface area contributed by atoms with Crippen molar-refractivity contribution in [2.75, 3.05) is 27.7 Å². The minimum atomic E-state index is -0.0899. The standard InChI is InChI=1S/C21H28N4O2/c1-15-8-9-16(13-19(15)27-4)10-11-24-21(23-3)25-14-17-6-5-7-18(12-17)20(26)22-2/h5-9,12-13H,10-11,14H2,1-4H3,(H,22,26)(H2,23,24,25). The zero-order valence-corrected chi connectivity index (χ0v) is 16.4. The van der Waals surface area contributed by atoms with Gasteiger partial charge in [0.1, 0.15) is 5.75 Å². The maximum atomic E-state index is 11.7. The van der Waals surface area contributed by atoms with Crippen LogP contribution in [0.3, 0.4) is 0 Å². The van der Waals surface area contributed by atoms with Crippen LogP contribution in [0.1, 0.15) is 27.0 Å². The van der Waals surface area contributed by atoms with Crippen LogP contribution >= 0.6 is 0 Å². The van der Waals surface area contributed by atoms with Crippen molar-refractivity contribution in [3.05, 3.63) is 64.7 Å². The molecule has 0 spiro atoms. The lowest BCUT2D eigenvalue weighted by Crippen LogP contribution is -2.37. The van der Waals surface area contributed by atoms with Crippen LogP contribution in [0.4, 0.5) is 0 Å². The third-order valence-corrected chi connectivity index (χ3v) is 4.28. The number of rotatable bonds is 7. The normalized spacial score (nSPS) is 11.0. The number of amides is 1. The first-order valence-electron chi connectivity index (χ1n) is 8.96. The van der Waals surface area contributed by atoms with Crippen molar-refractivity contribution in [2.45, 2.75) is 19.9 Å². The first-order valence-corrected chi connectivity index (χ1v) is 8.96. The Hall–Kier alpha value is -3.02. The van der Waals surface area contributed by atoms with Gasteiger partial charge in [0, 0.05) is 32.7 Å². The van der Waals surface area contributed by atoms with E-state index in [1.807, 2.05) is 25.1 Å². The second-order valence-corrected chi connectivity index (χ2v) is 6.19. The highest BCUT2D eigenvalue weighted by Crippen LogP contribution is 2.18. The molecule has 0 heterocycles. The Morgan fingerprint density at radius 1 is 1.11 bits per heavy atom. The van der Waals surface area contributed by atoms with Gasteiger partial charge in [0.25, 0.3) is 5.91 Å². The zero-order valence-electron chi connectivity index (χ0n) is 16.4. The van der Waals surface area contributed by atoms with Gasteiger partial charge in [-0.25, -0.2) is 0 Å². The van der Waals surface area contributed by atoms with Gasteiger partial charge in [0.2, 0.25) is 0 Å². The van der Waals surface area contributed by atoms with E-state index in [0.717, 1.165) is 35.8 Å². The lowest BCUT2D eigenvalue weighted by Gasteiger charge is -2.13. The maximum absolute atomic E-state index is 11.7. The molecule has 0 bridgehead atoms. The van der Waals surface area contributed by atoms with E-state index >= 15 is 0 Å². The molecule has 0 aliphatic heterocycles. The molecule has 0 aromatic heterocycles. The Balaban J connectivity index is 1.85. The molecule has 3 N–H and O–H groups in total. The zero-order chi connectivity index (χ0) is 19.6. The molecule has 6 heteroatoms. The number of benzene rings is 2. The molecule has 0 aliphatic rings. The molecule has 2 aromatic carbocycles. The van der Waals surface area contributed by atoms with Crippen molar-refractivity contribution >= 4 is 11.9 Å². The number of carbonyl (C=O) groups is 1. The maximum Gasteiger partial charge on any atom is 0.251 e. The summed E-state index contributed by atoms with van der Waals surface area (Å²) in [6, 6.07) is 13.8. The molecule has 1 amide bonds. The third-order valence-electron chi connectivity index (χ3n) is 4.28. The van der Waals surface area contributed by atoms with Crippen LogP contribution in [0.5, 0.6) is 5.75 Å². The quantitative estimate of drug-likeness (QED) is 0.518. The molecule has 144 valence electrons. The number of aliphatic imine (C=N–C) groups is 1. The average Bonchev–Trinajstić information content (AvgIpc) is 2.71. The number of hydrogen-bond acceptors (Lipinski definition) is 3. The first kappa shape index (κ1) is 20.3. The number of hydrogen-bond donors (Lipinski definition) is 3. The lowest BCUT2D eigenvalue weighted by atomic mass is 10.1. The average molecular weight is 368 g/mol. The molecular formula is C21H28N4O2. The second-order valence-electron chi connectivity index (χ2n) is 6.19. The van der Waals surface area contributed by atoms with E-state index in [2.05, 4.69) is 39.1 Å². The fourth-order valence-corrected chi connectivity index (χ4v) is 2.72. The van der Waals surface area contributed by atoms with Crippen molar-refractivity contribution in [1.29, 1.82) is 0 Å². The molecule has 0 radical (unpaired) electrons.